The van der Waals surface area contributed by atoms with Crippen molar-refractivity contribution in [2.75, 3.05) is 0 Å². The maximum absolute atomic E-state index is 11.1. The molecule has 0 amide bonds. The topological polar surface area (TPSA) is 60.2 Å². The van der Waals surface area contributed by atoms with Crippen molar-refractivity contribution in [1.82, 2.24) is 0 Å². The van der Waals surface area contributed by atoms with Crippen LogP contribution < -0.4 is 5.73 Å². The van der Waals surface area contributed by atoms with Gasteiger partial charge in [-0.2, -0.15) is 0 Å². The molecule has 5 heteroatoms. The van der Waals surface area contributed by atoms with Crippen molar-refractivity contribution in [3.05, 3.63) is 29.8 Å². The van der Waals surface area contributed by atoms with E-state index in [0.717, 1.165) is 18.4 Å². The molecule has 2 rings (SSSR count). The summed E-state index contributed by atoms with van der Waals surface area (Å²) in [7, 11) is 1.59. The van der Waals surface area contributed by atoms with E-state index >= 15 is 0 Å². The summed E-state index contributed by atoms with van der Waals surface area (Å²) in [6, 6.07) is 6.52. The summed E-state index contributed by atoms with van der Waals surface area (Å²) < 4.78 is 22.1. The minimum absolute atomic E-state index is 0.119. The predicted octanol–water partition coefficient (Wildman–Crippen LogP) is 1.56. The summed E-state index contributed by atoms with van der Waals surface area (Å²) in [6.07, 6.45) is 1.80. The van der Waals surface area contributed by atoms with Crippen molar-refractivity contribution < 1.29 is 8.42 Å². The van der Waals surface area contributed by atoms with Crippen LogP contribution in [0.15, 0.2) is 29.2 Å². The van der Waals surface area contributed by atoms with E-state index in [1.165, 1.54) is 6.07 Å². The van der Waals surface area contributed by atoms with Gasteiger partial charge in [-0.1, -0.05) is 12.1 Å². The average Bonchev–Trinajstić information content (AvgIpc) is 2.84. The fourth-order valence-corrected chi connectivity index (χ4v) is 2.18. The second kappa shape index (κ2) is 2.95. The third-order valence-corrected chi connectivity index (χ3v) is 3.83. The van der Waals surface area contributed by atoms with E-state index in [2.05, 4.69) is 0 Å². The first kappa shape index (κ1) is 9.96. The normalized spacial score (nSPS) is 19.3. The van der Waals surface area contributed by atoms with Gasteiger partial charge in [0.25, 0.3) is 9.05 Å². The molecule has 0 unspecified atom stereocenters. The van der Waals surface area contributed by atoms with Crippen LogP contribution in [0.3, 0.4) is 0 Å². The van der Waals surface area contributed by atoms with Gasteiger partial charge in [-0.15, -0.1) is 0 Å². The fraction of sp³-hybridized carbons (Fsp3) is 0.333. The average molecular weight is 232 g/mol. The van der Waals surface area contributed by atoms with Crippen molar-refractivity contribution in [2.45, 2.75) is 23.3 Å². The van der Waals surface area contributed by atoms with Crippen LogP contribution in [0.25, 0.3) is 0 Å². The van der Waals surface area contributed by atoms with E-state index in [4.69, 9.17) is 16.4 Å². The standard InChI is InChI=1S/C9H10ClNO2S/c10-14(12,13)8-3-1-2-7(6-8)9(11)4-5-9/h1-3,6H,4-5,11H2. The summed E-state index contributed by atoms with van der Waals surface area (Å²) in [5.74, 6) is 0. The Morgan fingerprint density at radius 1 is 1.36 bits per heavy atom. The first-order valence-electron chi connectivity index (χ1n) is 4.26. The Hall–Kier alpha value is -0.580. The third-order valence-electron chi connectivity index (χ3n) is 2.48. The van der Waals surface area contributed by atoms with E-state index < -0.39 is 9.05 Å². The van der Waals surface area contributed by atoms with Gasteiger partial charge in [-0.3, -0.25) is 0 Å². The Balaban J connectivity index is 2.47. The van der Waals surface area contributed by atoms with Crippen molar-refractivity contribution in [1.29, 1.82) is 0 Å². The summed E-state index contributed by atoms with van der Waals surface area (Å²) in [6.45, 7) is 0. The van der Waals surface area contributed by atoms with Crippen LogP contribution in [0.5, 0.6) is 0 Å². The lowest BCUT2D eigenvalue weighted by Crippen LogP contribution is -2.18. The SMILES string of the molecule is NC1(c2cccc(S(=O)(=O)Cl)c2)CC1. The Morgan fingerprint density at radius 2 is 2.00 bits per heavy atom. The molecule has 14 heavy (non-hydrogen) atoms. The lowest BCUT2D eigenvalue weighted by molar-refractivity contribution is 0.609. The largest absolute Gasteiger partial charge is 0.321 e. The molecule has 0 aromatic heterocycles. The number of rotatable bonds is 2. The second-order valence-corrected chi connectivity index (χ2v) is 6.19. The molecule has 0 saturated heterocycles. The summed E-state index contributed by atoms with van der Waals surface area (Å²) in [5.41, 5.74) is 6.47. The van der Waals surface area contributed by atoms with Gasteiger partial charge in [0.05, 0.1) is 4.90 Å². The zero-order chi connectivity index (χ0) is 10.4. The molecular weight excluding hydrogens is 222 g/mol. The van der Waals surface area contributed by atoms with Crippen LogP contribution in [0.1, 0.15) is 18.4 Å². The summed E-state index contributed by atoms with van der Waals surface area (Å²) in [4.78, 5) is 0.119. The number of hydrogen-bond donors (Lipinski definition) is 1. The molecule has 2 N–H and O–H groups in total. The first-order chi connectivity index (χ1) is 6.42. The highest BCUT2D eigenvalue weighted by Crippen LogP contribution is 2.43. The van der Waals surface area contributed by atoms with Gasteiger partial charge in [0.2, 0.25) is 0 Å². The van der Waals surface area contributed by atoms with Crippen molar-refractivity contribution in [2.24, 2.45) is 5.73 Å². The molecule has 0 radical (unpaired) electrons. The molecule has 1 aromatic rings. The van der Waals surface area contributed by atoms with Crippen molar-refractivity contribution in [3.63, 3.8) is 0 Å². The van der Waals surface area contributed by atoms with Gasteiger partial charge in [-0.05, 0) is 30.5 Å². The second-order valence-electron chi connectivity index (χ2n) is 3.62. The molecule has 76 valence electrons. The van der Waals surface area contributed by atoms with Gasteiger partial charge in [0.1, 0.15) is 0 Å². The van der Waals surface area contributed by atoms with Gasteiger partial charge in [0.15, 0.2) is 0 Å². The molecule has 3 nitrogen and oxygen atoms in total. The van der Waals surface area contributed by atoms with Crippen LogP contribution in [-0.4, -0.2) is 8.42 Å². The van der Waals surface area contributed by atoms with Crippen LogP contribution in [0.2, 0.25) is 0 Å². The fourth-order valence-electron chi connectivity index (χ4n) is 1.38. The van der Waals surface area contributed by atoms with Crippen LogP contribution in [0, 0.1) is 0 Å². The summed E-state index contributed by atoms with van der Waals surface area (Å²) in [5, 5.41) is 0. The van der Waals surface area contributed by atoms with E-state index in [-0.39, 0.29) is 10.4 Å². The quantitative estimate of drug-likeness (QED) is 0.786. The van der Waals surface area contributed by atoms with Gasteiger partial charge in [0, 0.05) is 16.2 Å². The molecule has 1 saturated carbocycles. The number of benzene rings is 1. The highest BCUT2D eigenvalue weighted by Gasteiger charge is 2.40. The zero-order valence-electron chi connectivity index (χ0n) is 7.40. The van der Waals surface area contributed by atoms with Crippen LogP contribution in [-0.2, 0) is 14.6 Å². The molecular formula is C9H10ClNO2S. The Morgan fingerprint density at radius 3 is 2.50 bits per heavy atom. The van der Waals surface area contributed by atoms with Crippen LogP contribution in [0.4, 0.5) is 0 Å². The molecule has 0 heterocycles. The maximum atomic E-state index is 11.1. The molecule has 0 bridgehead atoms. The highest BCUT2D eigenvalue weighted by molar-refractivity contribution is 8.13. The maximum Gasteiger partial charge on any atom is 0.261 e. The Labute approximate surface area is 87.3 Å². The smallest absolute Gasteiger partial charge is 0.261 e. The molecule has 1 aliphatic carbocycles. The summed E-state index contributed by atoms with van der Waals surface area (Å²) >= 11 is 0. The number of nitrogens with two attached hydrogens (primary N) is 1. The Bertz CT molecular complexity index is 465. The molecule has 0 atom stereocenters. The molecule has 1 aromatic carbocycles. The van der Waals surface area contributed by atoms with Gasteiger partial charge < -0.3 is 5.73 Å². The van der Waals surface area contributed by atoms with Crippen molar-refractivity contribution >= 4 is 19.7 Å². The predicted molar refractivity (Wildman–Crippen MR) is 54.6 cm³/mol. The molecule has 0 aliphatic heterocycles. The van der Waals surface area contributed by atoms with Gasteiger partial charge >= 0.3 is 0 Å². The minimum Gasteiger partial charge on any atom is -0.321 e. The molecule has 1 fully saturated rings. The lowest BCUT2D eigenvalue weighted by Gasteiger charge is -2.09. The number of halogens is 1. The van der Waals surface area contributed by atoms with E-state index in [1.807, 2.05) is 6.07 Å². The Kier molecular flexibility index (Phi) is 2.10. The van der Waals surface area contributed by atoms with Gasteiger partial charge in [-0.25, -0.2) is 8.42 Å². The van der Waals surface area contributed by atoms with E-state index in [1.54, 1.807) is 12.1 Å². The molecule has 1 aliphatic rings. The van der Waals surface area contributed by atoms with E-state index in [9.17, 15) is 8.42 Å². The molecule has 0 spiro atoms. The first-order valence-corrected chi connectivity index (χ1v) is 6.57. The third kappa shape index (κ3) is 1.78. The minimum atomic E-state index is -3.64. The highest BCUT2D eigenvalue weighted by atomic mass is 35.7. The monoisotopic (exact) mass is 231 g/mol. The zero-order valence-corrected chi connectivity index (χ0v) is 8.98. The van der Waals surface area contributed by atoms with Crippen LogP contribution >= 0.6 is 10.7 Å². The van der Waals surface area contributed by atoms with Crippen molar-refractivity contribution in [3.8, 4) is 0 Å². The van der Waals surface area contributed by atoms with E-state index in [0.29, 0.717) is 0 Å². The number of hydrogen-bond acceptors (Lipinski definition) is 3. The lowest BCUT2D eigenvalue weighted by atomic mass is 10.1.